The Morgan fingerprint density at radius 2 is 1.71 bits per heavy atom. The van der Waals surface area contributed by atoms with Crippen LogP contribution in [0, 0.1) is 5.92 Å². The lowest BCUT2D eigenvalue weighted by atomic mass is 9.98. The first-order chi connectivity index (χ1) is 10.9. The van der Waals surface area contributed by atoms with Crippen LogP contribution in [0.25, 0.3) is 0 Å². The molecule has 1 rings (SSSR count). The molecule has 0 aliphatic carbocycles. The third-order valence-electron chi connectivity index (χ3n) is 3.00. The number of nitrogens with one attached hydrogen (secondary N) is 1. The van der Waals surface area contributed by atoms with E-state index < -0.39 is 35.3 Å². The molecule has 5 nitrogen and oxygen atoms in total. The second-order valence-electron chi connectivity index (χ2n) is 6.32. The second-order valence-corrected chi connectivity index (χ2v) is 6.32. The number of alkyl halides is 3. The highest BCUT2D eigenvalue weighted by Crippen LogP contribution is 2.29. The number of amides is 1. The lowest BCUT2D eigenvalue weighted by molar-refractivity contribution is -0.141. The van der Waals surface area contributed by atoms with Gasteiger partial charge in [-0.25, -0.2) is 4.79 Å². The highest BCUT2D eigenvalue weighted by Gasteiger charge is 2.30. The number of aliphatic carboxylic acids is 1. The van der Waals surface area contributed by atoms with Crippen LogP contribution in [0.4, 0.5) is 18.0 Å². The zero-order valence-corrected chi connectivity index (χ0v) is 13.6. The average molecular weight is 347 g/mol. The SMILES string of the molecule is CC(C)(C)OC(=O)NC[C@H](Cc1ccc(C(F)(F)F)cc1)C(=O)O. The van der Waals surface area contributed by atoms with E-state index >= 15 is 0 Å². The van der Waals surface area contributed by atoms with E-state index in [1.807, 2.05) is 0 Å². The molecule has 1 atom stereocenters. The van der Waals surface area contributed by atoms with Crippen molar-refractivity contribution in [1.82, 2.24) is 5.32 Å². The first-order valence-corrected chi connectivity index (χ1v) is 7.24. The lowest BCUT2D eigenvalue weighted by Crippen LogP contribution is -2.37. The number of benzene rings is 1. The standard InChI is InChI=1S/C16H20F3NO4/c1-15(2,3)24-14(23)20-9-11(13(21)22)8-10-4-6-12(7-5-10)16(17,18)19/h4-7,11H,8-9H2,1-3H3,(H,20,23)(H,21,22)/t11-/m0/s1. The number of rotatable bonds is 5. The molecule has 0 radical (unpaired) electrons. The summed E-state index contributed by atoms with van der Waals surface area (Å²) >= 11 is 0. The molecular formula is C16H20F3NO4. The largest absolute Gasteiger partial charge is 0.481 e. The highest BCUT2D eigenvalue weighted by atomic mass is 19.4. The summed E-state index contributed by atoms with van der Waals surface area (Å²) in [4.78, 5) is 22.8. The Bertz CT molecular complexity index is 576. The molecular weight excluding hydrogens is 327 g/mol. The third-order valence-corrected chi connectivity index (χ3v) is 3.00. The van der Waals surface area contributed by atoms with Gasteiger partial charge in [0.25, 0.3) is 0 Å². The van der Waals surface area contributed by atoms with Gasteiger partial charge < -0.3 is 15.2 Å². The molecule has 0 aliphatic heterocycles. The van der Waals surface area contributed by atoms with E-state index in [4.69, 9.17) is 4.74 Å². The minimum absolute atomic E-state index is 0.0106. The summed E-state index contributed by atoms with van der Waals surface area (Å²) in [6, 6.07) is 4.25. The van der Waals surface area contributed by atoms with Crippen LogP contribution in [-0.2, 0) is 22.1 Å². The van der Waals surface area contributed by atoms with Crippen LogP contribution in [0.5, 0.6) is 0 Å². The first-order valence-electron chi connectivity index (χ1n) is 7.24. The van der Waals surface area contributed by atoms with Gasteiger partial charge in [-0.15, -0.1) is 0 Å². The third kappa shape index (κ3) is 6.89. The van der Waals surface area contributed by atoms with Crippen molar-refractivity contribution >= 4 is 12.1 Å². The minimum Gasteiger partial charge on any atom is -0.481 e. The molecule has 2 N–H and O–H groups in total. The molecule has 1 amide bonds. The fourth-order valence-electron chi connectivity index (χ4n) is 1.88. The second kappa shape index (κ2) is 7.55. The van der Waals surface area contributed by atoms with Crippen molar-refractivity contribution < 1.29 is 32.6 Å². The van der Waals surface area contributed by atoms with Gasteiger partial charge in [-0.3, -0.25) is 4.79 Å². The molecule has 0 saturated carbocycles. The number of alkyl carbamates (subject to hydrolysis) is 1. The lowest BCUT2D eigenvalue weighted by Gasteiger charge is -2.21. The van der Waals surface area contributed by atoms with Crippen LogP contribution in [-0.4, -0.2) is 29.3 Å². The zero-order chi connectivity index (χ0) is 18.5. The Balaban J connectivity index is 2.67. The number of ether oxygens (including phenoxy) is 1. The predicted octanol–water partition coefficient (Wildman–Crippen LogP) is 3.47. The summed E-state index contributed by atoms with van der Waals surface area (Å²) in [6.07, 6.45) is -5.20. The molecule has 0 fully saturated rings. The number of carbonyl (C=O) groups is 2. The number of carbonyl (C=O) groups excluding carboxylic acids is 1. The van der Waals surface area contributed by atoms with Crippen LogP contribution >= 0.6 is 0 Å². The molecule has 134 valence electrons. The van der Waals surface area contributed by atoms with E-state index in [-0.39, 0.29) is 13.0 Å². The molecule has 0 heterocycles. The highest BCUT2D eigenvalue weighted by molar-refractivity contribution is 5.73. The van der Waals surface area contributed by atoms with Gasteiger partial charge in [0.15, 0.2) is 0 Å². The predicted molar refractivity (Wildman–Crippen MR) is 80.5 cm³/mol. The fraction of sp³-hybridized carbons (Fsp3) is 0.500. The Hall–Kier alpha value is -2.25. The van der Waals surface area contributed by atoms with Gasteiger partial charge in [0.1, 0.15) is 5.60 Å². The quantitative estimate of drug-likeness (QED) is 0.855. The maximum absolute atomic E-state index is 12.5. The summed E-state index contributed by atoms with van der Waals surface area (Å²) in [5.41, 5.74) is -1.08. The van der Waals surface area contributed by atoms with E-state index in [1.165, 1.54) is 12.1 Å². The normalized spacial score (nSPS) is 13.2. The van der Waals surface area contributed by atoms with Crippen LogP contribution in [0.2, 0.25) is 0 Å². The van der Waals surface area contributed by atoms with Crippen LogP contribution in [0.3, 0.4) is 0 Å². The average Bonchev–Trinajstić information content (AvgIpc) is 2.40. The summed E-state index contributed by atoms with van der Waals surface area (Å²) in [5, 5.41) is 11.5. The maximum atomic E-state index is 12.5. The molecule has 24 heavy (non-hydrogen) atoms. The summed E-state index contributed by atoms with van der Waals surface area (Å²) in [6.45, 7) is 4.82. The first kappa shape index (κ1) is 19.8. The molecule has 0 spiro atoms. The number of hydrogen-bond donors (Lipinski definition) is 2. The van der Waals surface area contributed by atoms with Crippen molar-refractivity contribution in [3.63, 3.8) is 0 Å². The van der Waals surface area contributed by atoms with E-state index in [0.717, 1.165) is 12.1 Å². The van der Waals surface area contributed by atoms with Crippen molar-refractivity contribution in [2.45, 2.75) is 39.0 Å². The number of halogens is 3. The van der Waals surface area contributed by atoms with Crippen molar-refractivity contribution in [2.75, 3.05) is 6.54 Å². The van der Waals surface area contributed by atoms with Gasteiger partial charge in [0.2, 0.25) is 0 Å². The van der Waals surface area contributed by atoms with Gasteiger partial charge in [-0.05, 0) is 44.9 Å². The summed E-state index contributed by atoms with van der Waals surface area (Å²) in [7, 11) is 0. The van der Waals surface area contributed by atoms with Gasteiger partial charge >= 0.3 is 18.2 Å². The van der Waals surface area contributed by atoms with Crippen molar-refractivity contribution in [1.29, 1.82) is 0 Å². The van der Waals surface area contributed by atoms with Gasteiger partial charge in [-0.2, -0.15) is 13.2 Å². The van der Waals surface area contributed by atoms with Crippen molar-refractivity contribution in [2.24, 2.45) is 5.92 Å². The maximum Gasteiger partial charge on any atom is 0.416 e. The number of carboxylic acids is 1. The molecule has 0 aliphatic rings. The Morgan fingerprint density at radius 1 is 1.17 bits per heavy atom. The topological polar surface area (TPSA) is 75.6 Å². The zero-order valence-electron chi connectivity index (χ0n) is 13.6. The molecule has 0 bridgehead atoms. The Labute approximate surface area is 137 Å². The molecule has 0 aromatic heterocycles. The Morgan fingerprint density at radius 3 is 2.12 bits per heavy atom. The van der Waals surface area contributed by atoms with Crippen LogP contribution in [0.1, 0.15) is 31.9 Å². The van der Waals surface area contributed by atoms with E-state index in [9.17, 15) is 27.9 Å². The summed E-state index contributed by atoms with van der Waals surface area (Å²) in [5.74, 6) is -2.14. The number of carboxylic acid groups (broad SMARTS) is 1. The monoisotopic (exact) mass is 347 g/mol. The molecule has 0 unspecified atom stereocenters. The van der Waals surface area contributed by atoms with Gasteiger partial charge in [0.05, 0.1) is 11.5 Å². The molecule has 0 saturated heterocycles. The number of hydrogen-bond acceptors (Lipinski definition) is 3. The van der Waals surface area contributed by atoms with E-state index in [1.54, 1.807) is 20.8 Å². The van der Waals surface area contributed by atoms with Gasteiger partial charge in [-0.1, -0.05) is 12.1 Å². The van der Waals surface area contributed by atoms with Crippen molar-refractivity contribution in [3.05, 3.63) is 35.4 Å². The smallest absolute Gasteiger partial charge is 0.416 e. The molecule has 1 aromatic rings. The molecule has 1 aromatic carbocycles. The van der Waals surface area contributed by atoms with Crippen LogP contribution < -0.4 is 5.32 Å². The van der Waals surface area contributed by atoms with Crippen molar-refractivity contribution in [3.8, 4) is 0 Å². The van der Waals surface area contributed by atoms with Gasteiger partial charge in [0, 0.05) is 6.54 Å². The summed E-state index contributed by atoms with van der Waals surface area (Å²) < 4.78 is 42.5. The molecule has 8 heteroatoms. The van der Waals surface area contributed by atoms with Crippen LogP contribution in [0.15, 0.2) is 24.3 Å². The Kier molecular flexibility index (Phi) is 6.22. The van der Waals surface area contributed by atoms with E-state index in [0.29, 0.717) is 5.56 Å². The van der Waals surface area contributed by atoms with E-state index in [2.05, 4.69) is 5.32 Å². The minimum atomic E-state index is -4.44. The fourth-order valence-corrected chi connectivity index (χ4v) is 1.88.